The maximum Gasteiger partial charge on any atom is 0.313 e. The monoisotopic (exact) mass is 398 g/mol. The third kappa shape index (κ3) is 6.15. The molecular formula is C25H34O4. The molecule has 0 aliphatic heterocycles. The average Bonchev–Trinajstić information content (AvgIpc) is 2.74. The fraction of sp³-hybridized carbons (Fsp3) is 0.480. The third-order valence-electron chi connectivity index (χ3n) is 6.18. The Kier molecular flexibility index (Phi) is 8.42. The van der Waals surface area contributed by atoms with Crippen molar-refractivity contribution in [3.63, 3.8) is 0 Å². The van der Waals surface area contributed by atoms with E-state index in [1.165, 1.54) is 0 Å². The lowest BCUT2D eigenvalue weighted by Gasteiger charge is -2.28. The Hall–Kier alpha value is -2.17. The van der Waals surface area contributed by atoms with Gasteiger partial charge in [0, 0.05) is 5.41 Å². The Morgan fingerprint density at radius 1 is 0.862 bits per heavy atom. The molecule has 4 heteroatoms. The van der Waals surface area contributed by atoms with Gasteiger partial charge >= 0.3 is 5.97 Å². The van der Waals surface area contributed by atoms with E-state index in [-0.39, 0.29) is 12.0 Å². The van der Waals surface area contributed by atoms with Crippen molar-refractivity contribution in [3.05, 3.63) is 71.8 Å². The highest BCUT2D eigenvalue weighted by molar-refractivity contribution is 5.80. The Balaban J connectivity index is 1.82. The normalized spacial score (nSPS) is 16.6. The Morgan fingerprint density at radius 2 is 1.34 bits per heavy atom. The molecule has 0 saturated carbocycles. The van der Waals surface area contributed by atoms with Gasteiger partial charge in [0.1, 0.15) is 0 Å². The number of benzene rings is 2. The summed E-state index contributed by atoms with van der Waals surface area (Å²) in [6, 6.07) is 19.3. The van der Waals surface area contributed by atoms with E-state index in [1.54, 1.807) is 6.92 Å². The summed E-state index contributed by atoms with van der Waals surface area (Å²) in [7, 11) is 0. The summed E-state index contributed by atoms with van der Waals surface area (Å²) < 4.78 is 0. The van der Waals surface area contributed by atoms with Gasteiger partial charge in [-0.3, -0.25) is 4.79 Å². The molecular weight excluding hydrogens is 364 g/mol. The first-order chi connectivity index (χ1) is 13.8. The molecule has 2 aromatic carbocycles. The zero-order valence-corrected chi connectivity index (χ0v) is 17.6. The first kappa shape index (κ1) is 23.1. The molecule has 0 heterocycles. The molecule has 0 radical (unpaired) electrons. The number of carbonyl (C=O) groups is 1. The van der Waals surface area contributed by atoms with Crippen molar-refractivity contribution >= 4 is 5.97 Å². The van der Waals surface area contributed by atoms with Gasteiger partial charge in [-0.2, -0.15) is 0 Å². The summed E-state index contributed by atoms with van der Waals surface area (Å²) in [6.07, 6.45) is 3.51. The highest BCUT2D eigenvalue weighted by Crippen LogP contribution is 2.32. The van der Waals surface area contributed by atoms with Crippen LogP contribution in [0.25, 0.3) is 0 Å². The van der Waals surface area contributed by atoms with Crippen LogP contribution in [-0.2, 0) is 15.6 Å². The lowest BCUT2D eigenvalue weighted by Crippen LogP contribution is -2.32. The number of hydrogen-bond donors (Lipinski definition) is 3. The molecule has 0 bridgehead atoms. The molecule has 0 aromatic heterocycles. The van der Waals surface area contributed by atoms with E-state index in [4.69, 9.17) is 0 Å². The van der Waals surface area contributed by atoms with E-state index in [9.17, 15) is 20.1 Å². The summed E-state index contributed by atoms with van der Waals surface area (Å²) in [5, 5.41) is 30.0. The van der Waals surface area contributed by atoms with Crippen LogP contribution in [0.1, 0.15) is 63.5 Å². The summed E-state index contributed by atoms with van der Waals surface area (Å²) >= 11 is 0. The standard InChI is InChI=1S/C25H34O4/c1-24(19-26,20-11-5-3-6-12-20)17-9-15-22(27)16-10-18-25(2,23(28)29)21-13-7-4-8-14-21/h3-8,11-14,22,26-27H,9-10,15-19H2,1-2H3,(H,28,29). The maximum atomic E-state index is 11.9. The lowest BCUT2D eigenvalue weighted by atomic mass is 9.77. The van der Waals surface area contributed by atoms with Crippen LogP contribution < -0.4 is 0 Å². The van der Waals surface area contributed by atoms with E-state index >= 15 is 0 Å². The van der Waals surface area contributed by atoms with Crippen molar-refractivity contribution in [2.75, 3.05) is 6.61 Å². The van der Waals surface area contributed by atoms with Crippen LogP contribution in [0.3, 0.4) is 0 Å². The Bertz CT molecular complexity index is 746. The summed E-state index contributed by atoms with van der Waals surface area (Å²) in [6.45, 7) is 3.87. The zero-order chi connectivity index (χ0) is 21.3. The molecule has 3 unspecified atom stereocenters. The van der Waals surface area contributed by atoms with E-state index in [0.29, 0.717) is 25.7 Å². The largest absolute Gasteiger partial charge is 0.481 e. The van der Waals surface area contributed by atoms with Crippen LogP contribution in [0.2, 0.25) is 0 Å². The molecule has 4 nitrogen and oxygen atoms in total. The van der Waals surface area contributed by atoms with Crippen LogP contribution in [-0.4, -0.2) is 34.0 Å². The minimum atomic E-state index is -0.941. The molecule has 158 valence electrons. The number of carboxylic acids is 1. The van der Waals surface area contributed by atoms with Gasteiger partial charge in [-0.15, -0.1) is 0 Å². The molecule has 0 saturated heterocycles. The molecule has 0 amide bonds. The molecule has 0 spiro atoms. The third-order valence-corrected chi connectivity index (χ3v) is 6.18. The summed E-state index contributed by atoms with van der Waals surface area (Å²) in [5.41, 5.74) is 0.653. The Morgan fingerprint density at radius 3 is 1.83 bits per heavy atom. The van der Waals surface area contributed by atoms with Crippen LogP contribution in [0.15, 0.2) is 60.7 Å². The van der Waals surface area contributed by atoms with Crippen LogP contribution in [0.4, 0.5) is 0 Å². The van der Waals surface area contributed by atoms with Crippen molar-refractivity contribution in [2.45, 2.75) is 69.3 Å². The van der Waals surface area contributed by atoms with Gasteiger partial charge in [0.15, 0.2) is 0 Å². The number of rotatable bonds is 12. The predicted molar refractivity (Wildman–Crippen MR) is 116 cm³/mol. The van der Waals surface area contributed by atoms with E-state index in [2.05, 4.69) is 0 Å². The van der Waals surface area contributed by atoms with Crippen LogP contribution in [0.5, 0.6) is 0 Å². The van der Waals surface area contributed by atoms with Crippen LogP contribution >= 0.6 is 0 Å². The second-order valence-corrected chi connectivity index (χ2v) is 8.53. The fourth-order valence-corrected chi connectivity index (χ4v) is 3.90. The predicted octanol–water partition coefficient (Wildman–Crippen LogP) is 4.68. The fourth-order valence-electron chi connectivity index (χ4n) is 3.90. The Labute approximate surface area is 174 Å². The molecule has 0 aliphatic rings. The van der Waals surface area contributed by atoms with Gasteiger partial charge in [-0.1, -0.05) is 67.6 Å². The van der Waals surface area contributed by atoms with E-state index in [0.717, 1.165) is 24.0 Å². The molecule has 0 aliphatic carbocycles. The molecule has 3 N–H and O–H groups in total. The number of aliphatic hydroxyl groups is 2. The SMILES string of the molecule is CC(CO)(CCCC(O)CCCC(C)(C(=O)O)c1ccccc1)c1ccccc1. The first-order valence-electron chi connectivity index (χ1n) is 10.5. The molecule has 3 atom stereocenters. The molecule has 0 fully saturated rings. The number of aliphatic hydroxyl groups excluding tert-OH is 2. The molecule has 2 rings (SSSR count). The minimum Gasteiger partial charge on any atom is -0.481 e. The maximum absolute atomic E-state index is 11.9. The van der Waals surface area contributed by atoms with E-state index < -0.39 is 17.5 Å². The highest BCUT2D eigenvalue weighted by atomic mass is 16.4. The second-order valence-electron chi connectivity index (χ2n) is 8.53. The van der Waals surface area contributed by atoms with Crippen molar-refractivity contribution < 1.29 is 20.1 Å². The van der Waals surface area contributed by atoms with Gasteiger partial charge in [-0.05, 0) is 56.6 Å². The van der Waals surface area contributed by atoms with Gasteiger partial charge in [0.05, 0.1) is 18.1 Å². The van der Waals surface area contributed by atoms with Crippen molar-refractivity contribution in [2.24, 2.45) is 0 Å². The quantitative estimate of drug-likeness (QED) is 0.485. The van der Waals surface area contributed by atoms with Gasteiger partial charge < -0.3 is 15.3 Å². The highest BCUT2D eigenvalue weighted by Gasteiger charge is 2.34. The zero-order valence-electron chi connectivity index (χ0n) is 17.6. The smallest absolute Gasteiger partial charge is 0.313 e. The van der Waals surface area contributed by atoms with Crippen molar-refractivity contribution in [3.8, 4) is 0 Å². The molecule has 29 heavy (non-hydrogen) atoms. The average molecular weight is 399 g/mol. The summed E-state index contributed by atoms with van der Waals surface area (Å²) in [5.74, 6) is -0.834. The minimum absolute atomic E-state index is 0.0706. The molecule has 2 aromatic rings. The number of aliphatic carboxylic acids is 1. The van der Waals surface area contributed by atoms with Crippen molar-refractivity contribution in [1.29, 1.82) is 0 Å². The number of hydrogen-bond acceptors (Lipinski definition) is 3. The first-order valence-corrected chi connectivity index (χ1v) is 10.5. The summed E-state index contributed by atoms with van der Waals surface area (Å²) in [4.78, 5) is 11.9. The van der Waals surface area contributed by atoms with Crippen LogP contribution in [0, 0.1) is 0 Å². The number of carboxylic acid groups (broad SMARTS) is 1. The topological polar surface area (TPSA) is 77.8 Å². The second kappa shape index (κ2) is 10.6. The van der Waals surface area contributed by atoms with E-state index in [1.807, 2.05) is 67.6 Å². The van der Waals surface area contributed by atoms with Gasteiger partial charge in [-0.25, -0.2) is 0 Å². The van der Waals surface area contributed by atoms with Gasteiger partial charge in [0.25, 0.3) is 0 Å². The lowest BCUT2D eigenvalue weighted by molar-refractivity contribution is -0.143. The van der Waals surface area contributed by atoms with Gasteiger partial charge in [0.2, 0.25) is 0 Å². The van der Waals surface area contributed by atoms with Crippen molar-refractivity contribution in [1.82, 2.24) is 0 Å².